The van der Waals surface area contributed by atoms with Gasteiger partial charge in [0.25, 0.3) is 0 Å². The van der Waals surface area contributed by atoms with Gasteiger partial charge >= 0.3 is 0 Å². The van der Waals surface area contributed by atoms with Crippen LogP contribution in [0.3, 0.4) is 0 Å². The van der Waals surface area contributed by atoms with Crippen LogP contribution in [0.25, 0.3) is 10.9 Å². The average molecular weight is 442 g/mol. The van der Waals surface area contributed by atoms with Gasteiger partial charge in [0.15, 0.2) is 0 Å². The number of sulfonamides is 1. The van der Waals surface area contributed by atoms with Crippen molar-refractivity contribution in [1.82, 2.24) is 15.3 Å². The minimum absolute atomic E-state index is 0.0555. The van der Waals surface area contributed by atoms with E-state index in [9.17, 15) is 8.42 Å². The fourth-order valence-corrected chi connectivity index (χ4v) is 4.30. The summed E-state index contributed by atoms with van der Waals surface area (Å²) in [7, 11) is -3.72. The predicted octanol–water partition coefficient (Wildman–Crippen LogP) is 3.10. The molecule has 4 N–H and O–H groups in total. The lowest BCUT2D eigenvalue weighted by Gasteiger charge is -2.22. The molecule has 0 unspecified atom stereocenters. The molecule has 0 radical (unpaired) electrons. The van der Waals surface area contributed by atoms with Gasteiger partial charge in [0.1, 0.15) is 5.75 Å². The zero-order chi connectivity index (χ0) is 21.8. The van der Waals surface area contributed by atoms with Gasteiger partial charge in [-0.05, 0) is 81.6 Å². The fraction of sp³-hybridized carbons (Fsp3) is 0.364. The molecule has 0 bridgehead atoms. The van der Waals surface area contributed by atoms with Gasteiger partial charge in [-0.3, -0.25) is 0 Å². The van der Waals surface area contributed by atoms with Gasteiger partial charge in [0.05, 0.1) is 22.7 Å². The molecule has 1 aliphatic rings. The lowest BCUT2D eigenvalue weighted by atomic mass is 9.95. The quantitative estimate of drug-likeness (QED) is 0.515. The molecule has 0 aliphatic carbocycles. The topological polar surface area (TPSA) is 119 Å². The lowest BCUT2D eigenvalue weighted by molar-refractivity contribution is 0.252. The number of nitrogens with zero attached hydrogens (tertiary/aromatic N) is 2. The summed E-state index contributed by atoms with van der Waals surface area (Å²) in [5.74, 6) is 1.95. The number of aryl methyl sites for hydroxylation is 1. The molecule has 0 atom stereocenters. The Hall–Kier alpha value is -2.75. The number of fused-ring (bicyclic) bond motifs is 1. The zero-order valence-electron chi connectivity index (χ0n) is 17.5. The molecule has 31 heavy (non-hydrogen) atoms. The van der Waals surface area contributed by atoms with E-state index in [1.807, 2.05) is 25.1 Å². The van der Waals surface area contributed by atoms with Crippen molar-refractivity contribution in [3.63, 3.8) is 0 Å². The molecule has 0 amide bonds. The molecule has 1 aromatic heterocycles. The molecule has 0 saturated carbocycles. The van der Waals surface area contributed by atoms with Gasteiger partial charge in [-0.2, -0.15) is 0 Å². The Bertz CT molecular complexity index is 1160. The molecule has 8 nitrogen and oxygen atoms in total. The summed E-state index contributed by atoms with van der Waals surface area (Å²) in [6, 6.07) is 12.0. The Morgan fingerprint density at radius 3 is 2.58 bits per heavy atom. The molecule has 2 aromatic carbocycles. The van der Waals surface area contributed by atoms with Gasteiger partial charge in [0, 0.05) is 17.1 Å². The van der Waals surface area contributed by atoms with Crippen molar-refractivity contribution >= 4 is 32.6 Å². The van der Waals surface area contributed by atoms with Crippen molar-refractivity contribution in [3.05, 3.63) is 48.2 Å². The first-order valence-corrected chi connectivity index (χ1v) is 11.9. The van der Waals surface area contributed by atoms with Crippen molar-refractivity contribution in [1.29, 1.82) is 0 Å². The smallest absolute Gasteiger partial charge is 0.238 e. The van der Waals surface area contributed by atoms with E-state index in [4.69, 9.17) is 9.88 Å². The van der Waals surface area contributed by atoms with Crippen molar-refractivity contribution in [3.8, 4) is 5.75 Å². The summed E-state index contributed by atoms with van der Waals surface area (Å²) in [6.07, 6.45) is 3.48. The number of hydrogen-bond donors (Lipinski definition) is 3. The van der Waals surface area contributed by atoms with Crippen molar-refractivity contribution in [2.75, 3.05) is 25.0 Å². The Morgan fingerprint density at radius 2 is 1.87 bits per heavy atom. The number of nitrogens with one attached hydrogen (secondary N) is 2. The number of primary sulfonamides is 1. The van der Waals surface area contributed by atoms with Crippen molar-refractivity contribution in [2.24, 2.45) is 11.1 Å². The van der Waals surface area contributed by atoms with Crippen LogP contribution in [0.5, 0.6) is 5.75 Å². The van der Waals surface area contributed by atoms with Crippen LogP contribution in [0.2, 0.25) is 0 Å². The van der Waals surface area contributed by atoms with E-state index in [1.54, 1.807) is 12.1 Å². The second kappa shape index (κ2) is 9.17. The van der Waals surface area contributed by atoms with Crippen molar-refractivity contribution < 1.29 is 13.2 Å². The standard InChI is InChI=1S/C22H27N5O3S/c1-15-20-7-4-18(30-13-10-16-8-11-24-12-9-16)14-21(20)27-22(25-15)26-17-2-5-19(6-3-17)31(23,28)29/h2-7,14,16,24H,8-13H2,1H3,(H2,23,28,29)(H,25,26,27). The largest absolute Gasteiger partial charge is 0.494 e. The Balaban J connectivity index is 1.47. The Morgan fingerprint density at radius 1 is 1.13 bits per heavy atom. The van der Waals surface area contributed by atoms with Crippen LogP contribution in [-0.2, 0) is 10.0 Å². The second-order valence-corrected chi connectivity index (χ2v) is 9.40. The number of hydrogen-bond acceptors (Lipinski definition) is 7. The van der Waals surface area contributed by atoms with E-state index >= 15 is 0 Å². The number of anilines is 2. The van der Waals surface area contributed by atoms with E-state index in [0.29, 0.717) is 18.2 Å². The summed E-state index contributed by atoms with van der Waals surface area (Å²) in [5.41, 5.74) is 2.30. The van der Waals surface area contributed by atoms with E-state index in [1.165, 1.54) is 25.0 Å². The molecule has 1 saturated heterocycles. The Kier molecular flexibility index (Phi) is 6.35. The highest BCUT2D eigenvalue weighted by Crippen LogP contribution is 2.25. The number of nitrogens with two attached hydrogens (primary N) is 1. The highest BCUT2D eigenvalue weighted by atomic mass is 32.2. The minimum atomic E-state index is -3.72. The molecular formula is C22H27N5O3S. The van der Waals surface area contributed by atoms with Crippen LogP contribution in [0.4, 0.5) is 11.6 Å². The van der Waals surface area contributed by atoms with Crippen LogP contribution in [-0.4, -0.2) is 38.1 Å². The van der Waals surface area contributed by atoms with Crippen LogP contribution in [0.1, 0.15) is 25.0 Å². The zero-order valence-corrected chi connectivity index (χ0v) is 18.3. The number of rotatable bonds is 7. The molecular weight excluding hydrogens is 414 g/mol. The van der Waals surface area contributed by atoms with Gasteiger partial charge in [0.2, 0.25) is 16.0 Å². The predicted molar refractivity (Wildman–Crippen MR) is 121 cm³/mol. The van der Waals surface area contributed by atoms with Crippen LogP contribution >= 0.6 is 0 Å². The fourth-order valence-electron chi connectivity index (χ4n) is 3.78. The molecule has 0 spiro atoms. The van der Waals surface area contributed by atoms with E-state index in [0.717, 1.165) is 47.8 Å². The lowest BCUT2D eigenvalue weighted by Crippen LogP contribution is -2.28. The van der Waals surface area contributed by atoms with Gasteiger partial charge in [-0.25, -0.2) is 23.5 Å². The Labute approximate surface area is 182 Å². The van der Waals surface area contributed by atoms with Crippen LogP contribution in [0, 0.1) is 12.8 Å². The number of ether oxygens (including phenoxy) is 1. The maximum Gasteiger partial charge on any atom is 0.238 e. The third kappa shape index (κ3) is 5.49. The molecule has 1 fully saturated rings. The summed E-state index contributed by atoms with van der Waals surface area (Å²) in [4.78, 5) is 9.17. The van der Waals surface area contributed by atoms with Crippen LogP contribution < -0.4 is 20.5 Å². The summed E-state index contributed by atoms with van der Waals surface area (Å²) in [6.45, 7) is 4.81. The first-order valence-electron chi connectivity index (χ1n) is 10.4. The maximum absolute atomic E-state index is 11.4. The highest BCUT2D eigenvalue weighted by molar-refractivity contribution is 7.89. The molecule has 4 rings (SSSR count). The molecule has 2 heterocycles. The normalized spacial score (nSPS) is 15.2. The van der Waals surface area contributed by atoms with E-state index in [2.05, 4.69) is 20.6 Å². The summed E-state index contributed by atoms with van der Waals surface area (Å²) in [5, 5.41) is 12.6. The minimum Gasteiger partial charge on any atom is -0.494 e. The van der Waals surface area contributed by atoms with E-state index < -0.39 is 10.0 Å². The first kappa shape index (κ1) is 21.5. The molecule has 164 valence electrons. The van der Waals surface area contributed by atoms with Gasteiger partial charge < -0.3 is 15.4 Å². The molecule has 3 aromatic rings. The number of piperidine rings is 1. The monoisotopic (exact) mass is 441 g/mol. The third-order valence-electron chi connectivity index (χ3n) is 5.55. The SMILES string of the molecule is Cc1nc(Nc2ccc(S(N)(=O)=O)cc2)nc2cc(OCCC3CCNCC3)ccc12. The summed E-state index contributed by atoms with van der Waals surface area (Å²) < 4.78 is 28.8. The summed E-state index contributed by atoms with van der Waals surface area (Å²) >= 11 is 0. The van der Waals surface area contributed by atoms with Gasteiger partial charge in [-0.1, -0.05) is 0 Å². The van der Waals surface area contributed by atoms with Crippen LogP contribution in [0.15, 0.2) is 47.4 Å². The maximum atomic E-state index is 11.4. The average Bonchev–Trinajstić information content (AvgIpc) is 2.74. The number of aromatic nitrogens is 2. The second-order valence-electron chi connectivity index (χ2n) is 7.84. The van der Waals surface area contributed by atoms with E-state index in [-0.39, 0.29) is 4.90 Å². The molecule has 9 heteroatoms. The third-order valence-corrected chi connectivity index (χ3v) is 6.48. The van der Waals surface area contributed by atoms with Gasteiger partial charge in [-0.15, -0.1) is 0 Å². The number of benzene rings is 2. The molecule has 1 aliphatic heterocycles. The first-order chi connectivity index (χ1) is 14.9. The highest BCUT2D eigenvalue weighted by Gasteiger charge is 2.13. The van der Waals surface area contributed by atoms with Crippen molar-refractivity contribution in [2.45, 2.75) is 31.1 Å².